The summed E-state index contributed by atoms with van der Waals surface area (Å²) in [5.41, 5.74) is 1.46. The zero-order chi connectivity index (χ0) is 19.8. The van der Waals surface area contributed by atoms with E-state index >= 15 is 0 Å². The Morgan fingerprint density at radius 3 is 3.14 bits per heavy atom. The number of carbonyl (C=O) groups is 1. The van der Waals surface area contributed by atoms with E-state index in [9.17, 15) is 4.79 Å². The van der Waals surface area contributed by atoms with E-state index in [1.165, 1.54) is 11.3 Å². The molecule has 2 aromatic heterocycles. The Morgan fingerprint density at radius 2 is 2.32 bits per heavy atom. The maximum atomic E-state index is 12.1. The zero-order valence-corrected chi connectivity index (χ0v) is 17.0. The minimum absolute atomic E-state index is 0.140. The van der Waals surface area contributed by atoms with Crippen molar-refractivity contribution in [1.82, 2.24) is 20.2 Å². The Balaban J connectivity index is 1.62. The van der Waals surface area contributed by atoms with Crippen LogP contribution >= 0.6 is 11.3 Å². The molecule has 1 amide bonds. The molecule has 1 saturated heterocycles. The Hall–Kier alpha value is -2.50. The van der Waals surface area contributed by atoms with Gasteiger partial charge in [0.25, 0.3) is 5.91 Å². The molecule has 0 radical (unpaired) electrons. The highest BCUT2D eigenvalue weighted by Gasteiger charge is 2.22. The standard InChI is InChI=1S/C20H26N6OS/c1-2-3-10-22-19(27)17-14-28-20(24-17)25-18-8-4-7-16(23-18)15-6-5-11-26(13-15)12-9-21/h4,7-8,14-15H,2-3,5-6,10-13H2,1H3,(H,22,27)(H,23,24,25)/t15-/m1/s1. The number of hydrogen-bond acceptors (Lipinski definition) is 7. The van der Waals surface area contributed by atoms with Crippen LogP contribution in [0.15, 0.2) is 23.6 Å². The first-order valence-corrected chi connectivity index (χ1v) is 10.6. The summed E-state index contributed by atoms with van der Waals surface area (Å²) in [6, 6.07) is 8.17. The number of anilines is 2. The van der Waals surface area contributed by atoms with Gasteiger partial charge in [0.2, 0.25) is 0 Å². The van der Waals surface area contributed by atoms with E-state index in [1.807, 2.05) is 18.2 Å². The molecule has 148 valence electrons. The van der Waals surface area contributed by atoms with Crippen LogP contribution in [0.4, 0.5) is 10.9 Å². The van der Waals surface area contributed by atoms with E-state index in [4.69, 9.17) is 10.2 Å². The van der Waals surface area contributed by atoms with Crippen LogP contribution in [0.3, 0.4) is 0 Å². The largest absolute Gasteiger partial charge is 0.351 e. The predicted octanol–water partition coefficient (Wildman–Crippen LogP) is 3.51. The minimum atomic E-state index is -0.140. The smallest absolute Gasteiger partial charge is 0.270 e. The van der Waals surface area contributed by atoms with Crippen LogP contribution in [0.2, 0.25) is 0 Å². The Kier molecular flexibility index (Phi) is 7.34. The summed E-state index contributed by atoms with van der Waals surface area (Å²) in [6.45, 7) is 5.07. The van der Waals surface area contributed by atoms with Gasteiger partial charge in [-0.3, -0.25) is 9.69 Å². The number of pyridine rings is 1. The van der Waals surface area contributed by atoms with Gasteiger partial charge in [0.05, 0.1) is 12.6 Å². The average molecular weight is 399 g/mol. The van der Waals surface area contributed by atoms with Gasteiger partial charge in [-0.15, -0.1) is 11.3 Å². The Labute approximate surface area is 169 Å². The van der Waals surface area contributed by atoms with Crippen LogP contribution in [0.5, 0.6) is 0 Å². The number of likely N-dealkylation sites (tertiary alicyclic amines) is 1. The van der Waals surface area contributed by atoms with Gasteiger partial charge in [0, 0.05) is 30.1 Å². The van der Waals surface area contributed by atoms with Gasteiger partial charge in [-0.05, 0) is 37.9 Å². The van der Waals surface area contributed by atoms with Crippen molar-refractivity contribution in [2.24, 2.45) is 0 Å². The molecule has 1 atom stereocenters. The number of unbranched alkanes of at least 4 members (excludes halogenated alkanes) is 1. The van der Waals surface area contributed by atoms with E-state index in [0.29, 0.717) is 29.8 Å². The molecule has 8 heteroatoms. The lowest BCUT2D eigenvalue weighted by molar-refractivity contribution is 0.0949. The molecule has 3 rings (SSSR count). The molecule has 2 aromatic rings. The molecule has 0 saturated carbocycles. The highest BCUT2D eigenvalue weighted by atomic mass is 32.1. The topological polar surface area (TPSA) is 93.9 Å². The van der Waals surface area contributed by atoms with Gasteiger partial charge < -0.3 is 10.6 Å². The number of rotatable bonds is 8. The molecule has 1 aliphatic heterocycles. The molecule has 0 bridgehead atoms. The van der Waals surface area contributed by atoms with Gasteiger partial charge in [-0.1, -0.05) is 19.4 Å². The second-order valence-corrected chi connectivity index (χ2v) is 7.81. The van der Waals surface area contributed by atoms with Crippen molar-refractivity contribution >= 4 is 28.2 Å². The Morgan fingerprint density at radius 1 is 1.43 bits per heavy atom. The van der Waals surface area contributed by atoms with Crippen LogP contribution in [0.25, 0.3) is 0 Å². The van der Waals surface area contributed by atoms with Gasteiger partial charge in [-0.2, -0.15) is 5.26 Å². The lowest BCUT2D eigenvalue weighted by Crippen LogP contribution is -2.34. The summed E-state index contributed by atoms with van der Waals surface area (Å²) in [5.74, 6) is 0.918. The molecular formula is C20H26N6OS. The van der Waals surface area contributed by atoms with Gasteiger partial charge >= 0.3 is 0 Å². The molecule has 3 heterocycles. The second kappa shape index (κ2) is 10.2. The van der Waals surface area contributed by atoms with E-state index in [0.717, 1.165) is 50.3 Å². The molecular weight excluding hydrogens is 372 g/mol. The number of nitrogens with one attached hydrogen (secondary N) is 2. The molecule has 0 unspecified atom stereocenters. The van der Waals surface area contributed by atoms with Crippen molar-refractivity contribution in [2.45, 2.75) is 38.5 Å². The molecule has 28 heavy (non-hydrogen) atoms. The number of piperidine rings is 1. The summed E-state index contributed by atoms with van der Waals surface area (Å²) >= 11 is 1.39. The van der Waals surface area contributed by atoms with Crippen LogP contribution in [0.1, 0.15) is 54.7 Å². The van der Waals surface area contributed by atoms with Crippen LogP contribution in [0, 0.1) is 11.3 Å². The summed E-state index contributed by atoms with van der Waals surface area (Å²) < 4.78 is 0. The van der Waals surface area contributed by atoms with E-state index in [1.54, 1.807) is 5.38 Å². The summed E-state index contributed by atoms with van der Waals surface area (Å²) in [5, 5.41) is 17.4. The third-order valence-corrected chi connectivity index (χ3v) is 5.53. The third kappa shape index (κ3) is 5.50. The normalized spacial score (nSPS) is 17.1. The first-order valence-electron chi connectivity index (χ1n) is 9.76. The van der Waals surface area contributed by atoms with Crippen molar-refractivity contribution in [3.63, 3.8) is 0 Å². The number of nitriles is 1. The fourth-order valence-electron chi connectivity index (χ4n) is 3.30. The first-order chi connectivity index (χ1) is 13.7. The fraction of sp³-hybridized carbons (Fsp3) is 0.500. The molecule has 0 spiro atoms. The number of aromatic nitrogens is 2. The highest BCUT2D eigenvalue weighted by molar-refractivity contribution is 7.14. The summed E-state index contributed by atoms with van der Waals surface area (Å²) in [7, 11) is 0. The number of nitrogens with zero attached hydrogens (tertiary/aromatic N) is 4. The van der Waals surface area contributed by atoms with E-state index in [-0.39, 0.29) is 5.91 Å². The summed E-state index contributed by atoms with van der Waals surface area (Å²) in [6.07, 6.45) is 4.17. The number of hydrogen-bond donors (Lipinski definition) is 2. The molecule has 0 aromatic carbocycles. The van der Waals surface area contributed by atoms with Gasteiger partial charge in [0.1, 0.15) is 11.5 Å². The number of amides is 1. The number of thiazole rings is 1. The quantitative estimate of drug-likeness (QED) is 0.522. The zero-order valence-electron chi connectivity index (χ0n) is 16.1. The maximum Gasteiger partial charge on any atom is 0.270 e. The van der Waals surface area contributed by atoms with Gasteiger partial charge in [-0.25, -0.2) is 9.97 Å². The van der Waals surface area contributed by atoms with Crippen LogP contribution < -0.4 is 10.6 Å². The van der Waals surface area contributed by atoms with Crippen LogP contribution in [-0.4, -0.2) is 47.0 Å². The van der Waals surface area contributed by atoms with Crippen LogP contribution in [-0.2, 0) is 0 Å². The highest BCUT2D eigenvalue weighted by Crippen LogP contribution is 2.27. The maximum absolute atomic E-state index is 12.1. The molecule has 1 fully saturated rings. The second-order valence-electron chi connectivity index (χ2n) is 6.95. The van der Waals surface area contributed by atoms with Crippen molar-refractivity contribution in [3.8, 4) is 6.07 Å². The van der Waals surface area contributed by atoms with Gasteiger partial charge in [0.15, 0.2) is 5.13 Å². The Bertz CT molecular complexity index is 830. The molecule has 1 aliphatic rings. The fourth-order valence-corrected chi connectivity index (χ4v) is 4.00. The first kappa shape index (κ1) is 20.2. The predicted molar refractivity (Wildman–Crippen MR) is 111 cm³/mol. The van der Waals surface area contributed by atoms with E-state index in [2.05, 4.69) is 33.5 Å². The lowest BCUT2D eigenvalue weighted by atomic mass is 9.94. The number of carbonyl (C=O) groups excluding carboxylic acids is 1. The molecule has 0 aliphatic carbocycles. The van der Waals surface area contributed by atoms with Crippen molar-refractivity contribution in [1.29, 1.82) is 5.26 Å². The average Bonchev–Trinajstić information content (AvgIpc) is 3.17. The minimum Gasteiger partial charge on any atom is -0.351 e. The SMILES string of the molecule is CCCCNC(=O)c1csc(Nc2cccc([C@@H]3CCCN(CC#N)C3)n2)n1. The summed E-state index contributed by atoms with van der Waals surface area (Å²) in [4.78, 5) is 23.4. The monoisotopic (exact) mass is 398 g/mol. The van der Waals surface area contributed by atoms with Crippen molar-refractivity contribution in [3.05, 3.63) is 35.0 Å². The van der Waals surface area contributed by atoms with Crippen molar-refractivity contribution < 1.29 is 4.79 Å². The van der Waals surface area contributed by atoms with Crippen molar-refractivity contribution in [2.75, 3.05) is 31.5 Å². The molecule has 7 nitrogen and oxygen atoms in total. The molecule has 2 N–H and O–H groups in total. The third-order valence-electron chi connectivity index (χ3n) is 4.78. The van der Waals surface area contributed by atoms with E-state index < -0.39 is 0 Å². The lowest BCUT2D eigenvalue weighted by Gasteiger charge is -2.30.